The number of pyridine rings is 1. The molecule has 0 saturated heterocycles. The molecule has 0 unspecified atom stereocenters. The van der Waals surface area contributed by atoms with Crippen molar-refractivity contribution in [1.29, 1.82) is 5.26 Å². The van der Waals surface area contributed by atoms with Crippen molar-refractivity contribution in [2.75, 3.05) is 0 Å². The molecule has 0 radical (unpaired) electrons. The van der Waals surface area contributed by atoms with Crippen LogP contribution in [0.5, 0.6) is 5.75 Å². The number of benzene rings is 2. The van der Waals surface area contributed by atoms with E-state index in [0.717, 1.165) is 16.7 Å². The molecule has 2 aromatic carbocycles. The number of aromatic nitrogens is 1. The van der Waals surface area contributed by atoms with Gasteiger partial charge >= 0.3 is 0 Å². The highest BCUT2D eigenvalue weighted by atomic mass is 79.9. The molecule has 0 atom stereocenters. The molecular weight excluding hydrogens is 380 g/mol. The van der Waals surface area contributed by atoms with Crippen molar-refractivity contribution in [2.45, 2.75) is 13.0 Å². The van der Waals surface area contributed by atoms with Gasteiger partial charge in [0.05, 0.1) is 11.6 Å². The van der Waals surface area contributed by atoms with Crippen molar-refractivity contribution in [3.05, 3.63) is 97.9 Å². The lowest BCUT2D eigenvalue weighted by molar-refractivity contribution is 0.300. The van der Waals surface area contributed by atoms with Gasteiger partial charge in [-0.3, -0.25) is 4.79 Å². The summed E-state index contributed by atoms with van der Waals surface area (Å²) >= 11 is 3.32. The molecule has 0 aliphatic heterocycles. The first-order chi connectivity index (χ1) is 12.2. The highest BCUT2D eigenvalue weighted by Gasteiger charge is 2.14. The summed E-state index contributed by atoms with van der Waals surface area (Å²) in [6.45, 7) is 0.357. The molecule has 0 aliphatic carbocycles. The molecule has 0 spiro atoms. The smallest absolute Gasteiger partial charge is 0.266 e. The molecule has 124 valence electrons. The molecule has 0 fully saturated rings. The fourth-order valence-corrected chi connectivity index (χ4v) is 3.02. The van der Waals surface area contributed by atoms with Crippen LogP contribution >= 0.6 is 15.9 Å². The molecule has 0 saturated carbocycles. The van der Waals surface area contributed by atoms with Crippen LogP contribution in [0.15, 0.2) is 70.1 Å². The number of nitrogens with zero attached hydrogens (tertiary/aromatic N) is 1. The van der Waals surface area contributed by atoms with Crippen LogP contribution in [0.3, 0.4) is 0 Å². The number of rotatable bonds is 5. The quantitative estimate of drug-likeness (QED) is 0.705. The standard InChI is InChI=1S/C20H15BrN2O2/c21-18-19(25-13-14-6-2-1-3-7-14)17(12-23-20(18)24)10-15-8-4-5-9-16(15)11-22/h1-9,12H,10,13H2,(H,23,24). The molecule has 0 aliphatic rings. The maximum Gasteiger partial charge on any atom is 0.266 e. The van der Waals surface area contributed by atoms with Gasteiger partial charge < -0.3 is 9.72 Å². The Bertz CT molecular complexity index is 975. The lowest BCUT2D eigenvalue weighted by Crippen LogP contribution is -2.11. The Morgan fingerprint density at radius 3 is 2.52 bits per heavy atom. The van der Waals surface area contributed by atoms with E-state index >= 15 is 0 Å². The van der Waals surface area contributed by atoms with Gasteiger partial charge in [0.1, 0.15) is 16.8 Å². The fraction of sp³-hybridized carbons (Fsp3) is 0.100. The maximum absolute atomic E-state index is 11.9. The summed E-state index contributed by atoms with van der Waals surface area (Å²) in [4.78, 5) is 14.6. The van der Waals surface area contributed by atoms with Crippen LogP contribution in [0.2, 0.25) is 0 Å². The van der Waals surface area contributed by atoms with Gasteiger partial charge in [-0.2, -0.15) is 5.26 Å². The van der Waals surface area contributed by atoms with Crippen molar-refractivity contribution in [1.82, 2.24) is 4.98 Å². The zero-order chi connectivity index (χ0) is 17.6. The topological polar surface area (TPSA) is 65.9 Å². The van der Waals surface area contributed by atoms with Crippen molar-refractivity contribution >= 4 is 15.9 Å². The highest BCUT2D eigenvalue weighted by molar-refractivity contribution is 9.10. The third-order valence-corrected chi connectivity index (χ3v) is 4.53. The van der Waals surface area contributed by atoms with Crippen LogP contribution in [0, 0.1) is 11.3 Å². The number of nitriles is 1. The maximum atomic E-state index is 11.9. The van der Waals surface area contributed by atoms with Crippen LogP contribution in [0.25, 0.3) is 0 Å². The van der Waals surface area contributed by atoms with E-state index in [9.17, 15) is 10.1 Å². The van der Waals surface area contributed by atoms with Gasteiger partial charge in [0.2, 0.25) is 0 Å². The van der Waals surface area contributed by atoms with Crippen LogP contribution in [-0.4, -0.2) is 4.98 Å². The zero-order valence-electron chi connectivity index (χ0n) is 13.3. The lowest BCUT2D eigenvalue weighted by atomic mass is 10.0. The van der Waals surface area contributed by atoms with Gasteiger partial charge in [-0.1, -0.05) is 48.5 Å². The van der Waals surface area contributed by atoms with Crippen LogP contribution in [0.1, 0.15) is 22.3 Å². The van der Waals surface area contributed by atoms with Gasteiger partial charge in [-0.25, -0.2) is 0 Å². The number of hydrogen-bond acceptors (Lipinski definition) is 3. The monoisotopic (exact) mass is 394 g/mol. The SMILES string of the molecule is N#Cc1ccccc1Cc1c[nH]c(=O)c(Br)c1OCc1ccccc1. The van der Waals surface area contributed by atoms with Crippen molar-refractivity contribution in [3.8, 4) is 11.8 Å². The van der Waals surface area contributed by atoms with Gasteiger partial charge in [-0.15, -0.1) is 0 Å². The summed E-state index contributed by atoms with van der Waals surface area (Å²) in [6.07, 6.45) is 2.13. The minimum absolute atomic E-state index is 0.250. The van der Waals surface area contributed by atoms with Crippen LogP contribution < -0.4 is 10.3 Å². The molecule has 5 heteroatoms. The fourth-order valence-electron chi connectivity index (χ4n) is 2.53. The molecule has 3 aromatic rings. The molecule has 3 rings (SSSR count). The zero-order valence-corrected chi connectivity index (χ0v) is 14.9. The molecule has 0 bridgehead atoms. The minimum atomic E-state index is -0.250. The Labute approximate surface area is 153 Å². The van der Waals surface area contributed by atoms with E-state index in [1.165, 1.54) is 0 Å². The number of ether oxygens (including phenoxy) is 1. The second-order valence-corrected chi connectivity index (χ2v) is 6.30. The first kappa shape index (κ1) is 17.0. The molecule has 1 N–H and O–H groups in total. The summed E-state index contributed by atoms with van der Waals surface area (Å²) in [5, 5.41) is 9.27. The summed E-state index contributed by atoms with van der Waals surface area (Å²) < 4.78 is 6.29. The number of nitrogens with one attached hydrogen (secondary N) is 1. The lowest BCUT2D eigenvalue weighted by Gasteiger charge is -2.13. The highest BCUT2D eigenvalue weighted by Crippen LogP contribution is 2.29. The summed E-state index contributed by atoms with van der Waals surface area (Å²) in [7, 11) is 0. The van der Waals surface area contributed by atoms with E-state index in [-0.39, 0.29) is 5.56 Å². The van der Waals surface area contributed by atoms with Gasteiger partial charge in [-0.05, 0) is 33.1 Å². The van der Waals surface area contributed by atoms with Crippen LogP contribution in [-0.2, 0) is 13.0 Å². The molecule has 25 heavy (non-hydrogen) atoms. The Kier molecular flexibility index (Phi) is 5.32. The third-order valence-electron chi connectivity index (χ3n) is 3.81. The van der Waals surface area contributed by atoms with Gasteiger partial charge in [0.25, 0.3) is 5.56 Å². The third kappa shape index (κ3) is 3.98. The van der Waals surface area contributed by atoms with E-state index in [1.54, 1.807) is 12.3 Å². The van der Waals surface area contributed by atoms with E-state index in [1.807, 2.05) is 48.5 Å². The van der Waals surface area contributed by atoms with E-state index in [2.05, 4.69) is 27.0 Å². The van der Waals surface area contributed by atoms with Crippen molar-refractivity contribution in [3.63, 3.8) is 0 Å². The first-order valence-corrected chi connectivity index (χ1v) is 8.53. The first-order valence-electron chi connectivity index (χ1n) is 7.74. The van der Waals surface area contributed by atoms with Gasteiger partial charge in [0.15, 0.2) is 0 Å². The largest absolute Gasteiger partial charge is 0.487 e. The van der Waals surface area contributed by atoms with E-state index < -0.39 is 0 Å². The Balaban J connectivity index is 1.93. The van der Waals surface area contributed by atoms with Crippen LogP contribution in [0.4, 0.5) is 0 Å². The summed E-state index contributed by atoms with van der Waals surface area (Å²) in [6, 6.07) is 19.3. The Morgan fingerprint density at radius 2 is 1.76 bits per heavy atom. The minimum Gasteiger partial charge on any atom is -0.487 e. The molecular formula is C20H15BrN2O2. The molecule has 4 nitrogen and oxygen atoms in total. The average molecular weight is 395 g/mol. The van der Waals surface area contributed by atoms with Crippen molar-refractivity contribution in [2.24, 2.45) is 0 Å². The number of aromatic amines is 1. The predicted molar refractivity (Wildman–Crippen MR) is 99.5 cm³/mol. The second-order valence-electron chi connectivity index (χ2n) is 5.51. The average Bonchev–Trinajstić information content (AvgIpc) is 2.65. The van der Waals surface area contributed by atoms with E-state index in [4.69, 9.17) is 4.74 Å². The van der Waals surface area contributed by atoms with E-state index in [0.29, 0.717) is 28.8 Å². The van der Waals surface area contributed by atoms with Gasteiger partial charge in [0, 0.05) is 18.2 Å². The number of hydrogen-bond donors (Lipinski definition) is 1. The Hall–Kier alpha value is -2.84. The predicted octanol–water partition coefficient (Wildman–Crippen LogP) is 4.18. The second kappa shape index (κ2) is 7.82. The molecule has 1 heterocycles. The summed E-state index contributed by atoms with van der Waals surface area (Å²) in [5.41, 5.74) is 3.07. The van der Waals surface area contributed by atoms with Crippen molar-refractivity contribution < 1.29 is 4.74 Å². The Morgan fingerprint density at radius 1 is 1.04 bits per heavy atom. The molecule has 0 amide bonds. The number of halogens is 1. The normalized spacial score (nSPS) is 10.2. The summed E-state index contributed by atoms with van der Waals surface area (Å²) in [5.74, 6) is 0.500. The molecule has 1 aromatic heterocycles. The number of H-pyrrole nitrogens is 1.